The average Bonchev–Trinajstić information content (AvgIpc) is 2.62. The molecule has 2 atom stereocenters. The highest BCUT2D eigenvalue weighted by molar-refractivity contribution is 9.10. The van der Waals surface area contributed by atoms with E-state index in [9.17, 15) is 9.90 Å². The molecule has 1 aromatic carbocycles. The first kappa shape index (κ1) is 13.9. The second-order valence-corrected chi connectivity index (χ2v) is 6.70. The fraction of sp³-hybridized carbons (Fsp3) is 0.533. The van der Waals surface area contributed by atoms with Crippen LogP contribution in [-0.4, -0.2) is 48.2 Å². The fourth-order valence-corrected chi connectivity index (χ4v) is 3.90. The number of benzene rings is 1. The molecule has 4 nitrogen and oxygen atoms in total. The van der Waals surface area contributed by atoms with Crippen molar-refractivity contribution < 1.29 is 9.90 Å². The normalized spacial score (nSPS) is 26.6. The van der Waals surface area contributed by atoms with Crippen LogP contribution in [0.15, 0.2) is 22.7 Å². The summed E-state index contributed by atoms with van der Waals surface area (Å²) in [5.41, 5.74) is 1.36. The largest absolute Gasteiger partial charge is 0.478 e. The lowest BCUT2D eigenvalue weighted by Gasteiger charge is -2.28. The standard InChI is InChI=1S/C15H19BrN2O2/c1-17-12-2-3-13(17)9-18(5-4-12)14-7-10(15(19)20)6-11(16)8-14/h6-8,12-13H,2-5,9H2,1H3,(H,19,20). The number of aromatic carboxylic acids is 1. The van der Waals surface area contributed by atoms with E-state index < -0.39 is 5.97 Å². The Morgan fingerprint density at radius 1 is 1.25 bits per heavy atom. The Labute approximate surface area is 127 Å². The van der Waals surface area contributed by atoms with Crippen molar-refractivity contribution in [3.63, 3.8) is 0 Å². The van der Waals surface area contributed by atoms with Gasteiger partial charge in [0.2, 0.25) is 0 Å². The first-order chi connectivity index (χ1) is 9.54. The predicted molar refractivity (Wildman–Crippen MR) is 82.5 cm³/mol. The van der Waals surface area contributed by atoms with Gasteiger partial charge in [-0.1, -0.05) is 15.9 Å². The van der Waals surface area contributed by atoms with E-state index >= 15 is 0 Å². The number of fused-ring (bicyclic) bond motifs is 2. The molecule has 0 aromatic heterocycles. The number of halogens is 1. The zero-order valence-corrected chi connectivity index (χ0v) is 13.1. The van der Waals surface area contributed by atoms with E-state index in [1.807, 2.05) is 6.07 Å². The minimum atomic E-state index is -0.874. The Balaban J connectivity index is 1.87. The average molecular weight is 339 g/mol. The highest BCUT2D eigenvalue weighted by Gasteiger charge is 2.34. The summed E-state index contributed by atoms with van der Waals surface area (Å²) in [6.07, 6.45) is 3.70. The van der Waals surface area contributed by atoms with Gasteiger partial charge in [0, 0.05) is 35.3 Å². The van der Waals surface area contributed by atoms with E-state index in [4.69, 9.17) is 0 Å². The monoisotopic (exact) mass is 338 g/mol. The lowest BCUT2D eigenvalue weighted by Crippen LogP contribution is -2.36. The van der Waals surface area contributed by atoms with Gasteiger partial charge in [-0.2, -0.15) is 0 Å². The van der Waals surface area contributed by atoms with Gasteiger partial charge in [0.1, 0.15) is 0 Å². The quantitative estimate of drug-likeness (QED) is 0.900. The lowest BCUT2D eigenvalue weighted by atomic mass is 10.1. The number of carboxylic acids is 1. The van der Waals surface area contributed by atoms with Crippen molar-refractivity contribution in [3.8, 4) is 0 Å². The third kappa shape index (κ3) is 2.56. The van der Waals surface area contributed by atoms with Crippen LogP contribution in [-0.2, 0) is 0 Å². The molecule has 2 aliphatic heterocycles. The number of hydrogen-bond acceptors (Lipinski definition) is 3. The van der Waals surface area contributed by atoms with E-state index in [-0.39, 0.29) is 0 Å². The molecule has 0 amide bonds. The third-order valence-corrected chi connectivity index (χ3v) is 5.10. The van der Waals surface area contributed by atoms with Crippen molar-refractivity contribution in [3.05, 3.63) is 28.2 Å². The number of carbonyl (C=O) groups is 1. The predicted octanol–water partition coefficient (Wildman–Crippen LogP) is 2.82. The summed E-state index contributed by atoms with van der Waals surface area (Å²) in [5, 5.41) is 9.19. The fourth-order valence-electron chi connectivity index (χ4n) is 3.42. The molecule has 108 valence electrons. The van der Waals surface area contributed by atoms with Crippen molar-refractivity contribution in [2.75, 3.05) is 25.0 Å². The Kier molecular flexibility index (Phi) is 3.73. The van der Waals surface area contributed by atoms with Crippen LogP contribution in [0.4, 0.5) is 5.69 Å². The molecule has 1 N–H and O–H groups in total. The minimum Gasteiger partial charge on any atom is -0.478 e. The van der Waals surface area contributed by atoms with Crippen LogP contribution in [0.25, 0.3) is 0 Å². The topological polar surface area (TPSA) is 43.8 Å². The van der Waals surface area contributed by atoms with E-state index in [0.29, 0.717) is 17.6 Å². The van der Waals surface area contributed by atoms with E-state index in [1.165, 1.54) is 12.8 Å². The molecule has 20 heavy (non-hydrogen) atoms. The van der Waals surface area contributed by atoms with Crippen molar-refractivity contribution in [1.29, 1.82) is 0 Å². The summed E-state index contributed by atoms with van der Waals surface area (Å²) in [7, 11) is 2.22. The maximum absolute atomic E-state index is 11.2. The van der Waals surface area contributed by atoms with Gasteiger partial charge in [0.25, 0.3) is 0 Å². The second kappa shape index (κ2) is 5.37. The van der Waals surface area contributed by atoms with Crippen LogP contribution >= 0.6 is 15.9 Å². The first-order valence-electron chi connectivity index (χ1n) is 7.05. The number of likely N-dealkylation sites (N-methyl/N-ethyl adjacent to an activating group) is 1. The summed E-state index contributed by atoms with van der Waals surface area (Å²) >= 11 is 3.42. The summed E-state index contributed by atoms with van der Waals surface area (Å²) in [6, 6.07) is 6.74. The van der Waals surface area contributed by atoms with Crippen LogP contribution in [0, 0.1) is 0 Å². The molecule has 2 saturated heterocycles. The molecule has 2 aliphatic rings. The van der Waals surface area contributed by atoms with Crippen molar-refractivity contribution in [2.24, 2.45) is 0 Å². The molecule has 1 aromatic rings. The zero-order valence-electron chi connectivity index (χ0n) is 11.6. The maximum Gasteiger partial charge on any atom is 0.335 e. The van der Waals surface area contributed by atoms with Crippen LogP contribution in [0.5, 0.6) is 0 Å². The Hall–Kier alpha value is -1.07. The molecule has 2 heterocycles. The molecule has 0 saturated carbocycles. The summed E-state index contributed by atoms with van der Waals surface area (Å²) in [5.74, 6) is -0.874. The Morgan fingerprint density at radius 2 is 2.00 bits per heavy atom. The summed E-state index contributed by atoms with van der Waals surface area (Å²) in [6.45, 7) is 1.99. The van der Waals surface area contributed by atoms with Crippen molar-refractivity contribution in [2.45, 2.75) is 31.3 Å². The molecule has 3 rings (SSSR count). The number of nitrogens with zero attached hydrogens (tertiary/aromatic N) is 2. The number of anilines is 1. The van der Waals surface area contributed by atoms with Crippen LogP contribution in [0.1, 0.15) is 29.6 Å². The molecule has 0 radical (unpaired) electrons. The van der Waals surface area contributed by atoms with Gasteiger partial charge >= 0.3 is 5.97 Å². The lowest BCUT2D eigenvalue weighted by molar-refractivity contribution is 0.0697. The van der Waals surface area contributed by atoms with Gasteiger partial charge in [-0.05, 0) is 44.5 Å². The first-order valence-corrected chi connectivity index (χ1v) is 7.84. The van der Waals surface area contributed by atoms with E-state index in [2.05, 4.69) is 32.8 Å². The number of carboxylic acid groups (broad SMARTS) is 1. The van der Waals surface area contributed by atoms with Gasteiger partial charge in [-0.15, -0.1) is 0 Å². The van der Waals surface area contributed by atoms with Crippen LogP contribution in [0.3, 0.4) is 0 Å². The van der Waals surface area contributed by atoms with Crippen LogP contribution < -0.4 is 4.90 Å². The van der Waals surface area contributed by atoms with E-state index in [1.54, 1.807) is 12.1 Å². The second-order valence-electron chi connectivity index (χ2n) is 5.79. The van der Waals surface area contributed by atoms with Gasteiger partial charge in [-0.3, -0.25) is 4.90 Å². The Morgan fingerprint density at radius 3 is 2.75 bits per heavy atom. The smallest absolute Gasteiger partial charge is 0.335 e. The Bertz CT molecular complexity index is 535. The van der Waals surface area contributed by atoms with Gasteiger partial charge in [0.15, 0.2) is 0 Å². The third-order valence-electron chi connectivity index (χ3n) is 4.64. The molecule has 0 aliphatic carbocycles. The van der Waals surface area contributed by atoms with Gasteiger partial charge in [0.05, 0.1) is 5.56 Å². The summed E-state index contributed by atoms with van der Waals surface area (Å²) in [4.78, 5) is 16.0. The number of rotatable bonds is 2. The molecule has 5 heteroatoms. The van der Waals surface area contributed by atoms with Gasteiger partial charge < -0.3 is 10.0 Å². The van der Waals surface area contributed by atoms with Gasteiger partial charge in [-0.25, -0.2) is 4.79 Å². The molecule has 0 spiro atoms. The molecular weight excluding hydrogens is 320 g/mol. The molecule has 2 fully saturated rings. The van der Waals surface area contributed by atoms with Crippen molar-refractivity contribution in [1.82, 2.24) is 4.90 Å². The number of hydrogen-bond donors (Lipinski definition) is 1. The van der Waals surface area contributed by atoms with Crippen molar-refractivity contribution >= 4 is 27.6 Å². The highest BCUT2D eigenvalue weighted by Crippen LogP contribution is 2.32. The SMILES string of the molecule is CN1C2CCC1CN(c1cc(Br)cc(C(=O)O)c1)CC2. The summed E-state index contributed by atoms with van der Waals surface area (Å²) < 4.78 is 0.829. The molecule has 2 unspecified atom stereocenters. The highest BCUT2D eigenvalue weighted by atomic mass is 79.9. The zero-order chi connectivity index (χ0) is 14.3. The molecular formula is C15H19BrN2O2. The minimum absolute atomic E-state index is 0.345. The van der Waals surface area contributed by atoms with Crippen LogP contribution in [0.2, 0.25) is 0 Å². The van der Waals surface area contributed by atoms with E-state index in [0.717, 1.165) is 29.7 Å². The maximum atomic E-state index is 11.2. The molecule has 2 bridgehead atoms.